The molecule has 0 amide bonds. The van der Waals surface area contributed by atoms with Gasteiger partial charge in [-0.2, -0.15) is 0 Å². The molecule has 0 fully saturated rings. The lowest BCUT2D eigenvalue weighted by Gasteiger charge is -2.13. The molecule has 0 radical (unpaired) electrons. The molecule has 6 heteroatoms. The van der Waals surface area contributed by atoms with E-state index in [0.717, 1.165) is 18.2 Å². The van der Waals surface area contributed by atoms with Gasteiger partial charge in [-0.05, 0) is 23.8 Å². The maximum atomic E-state index is 13.4. The van der Waals surface area contributed by atoms with E-state index in [4.69, 9.17) is 10.2 Å². The average molecular weight is 244 g/mol. The topological polar surface area (TPSA) is 74.6 Å². The van der Waals surface area contributed by atoms with Gasteiger partial charge in [-0.1, -0.05) is 0 Å². The second-order valence-corrected chi connectivity index (χ2v) is 3.56. The molecule has 0 aliphatic carbocycles. The number of carboxylic acids is 2. The molecule has 0 spiro atoms. The van der Waals surface area contributed by atoms with Crippen molar-refractivity contribution in [3.8, 4) is 0 Å². The van der Waals surface area contributed by atoms with E-state index in [-0.39, 0.29) is 5.56 Å². The largest absolute Gasteiger partial charge is 0.481 e. The van der Waals surface area contributed by atoms with Crippen molar-refractivity contribution in [1.82, 2.24) is 0 Å². The Morgan fingerprint density at radius 2 is 1.65 bits per heavy atom. The molecule has 2 N–H and O–H groups in total. The smallest absolute Gasteiger partial charge is 0.303 e. The quantitative estimate of drug-likeness (QED) is 0.830. The van der Waals surface area contributed by atoms with Crippen molar-refractivity contribution in [2.24, 2.45) is 0 Å². The van der Waals surface area contributed by atoms with Crippen LogP contribution in [-0.2, 0) is 9.59 Å². The Kier molecular flexibility index (Phi) is 4.14. The molecule has 92 valence electrons. The standard InChI is InChI=1S/C11H10F2O4/c12-7-1-2-9(13)8(5-7)6(3-10(14)15)4-11(16)17/h1-2,5-6H,3-4H2,(H,14,15)(H,16,17). The highest BCUT2D eigenvalue weighted by molar-refractivity contribution is 5.72. The molecule has 0 atom stereocenters. The third-order valence-corrected chi connectivity index (χ3v) is 2.24. The first-order valence-corrected chi connectivity index (χ1v) is 4.78. The van der Waals surface area contributed by atoms with Crippen LogP contribution < -0.4 is 0 Å². The lowest BCUT2D eigenvalue weighted by Crippen LogP contribution is -2.12. The molecule has 0 bridgehead atoms. The van der Waals surface area contributed by atoms with Crippen LogP contribution in [0.1, 0.15) is 24.3 Å². The van der Waals surface area contributed by atoms with Gasteiger partial charge in [0.1, 0.15) is 11.6 Å². The predicted molar refractivity (Wildman–Crippen MR) is 53.6 cm³/mol. The summed E-state index contributed by atoms with van der Waals surface area (Å²) in [4.78, 5) is 21.1. The summed E-state index contributed by atoms with van der Waals surface area (Å²) in [5, 5.41) is 17.2. The second kappa shape index (κ2) is 5.38. The SMILES string of the molecule is O=C(O)CC(CC(=O)O)c1cc(F)ccc1F. The van der Waals surface area contributed by atoms with Gasteiger partial charge in [0, 0.05) is 5.92 Å². The van der Waals surface area contributed by atoms with Crippen molar-refractivity contribution in [3.05, 3.63) is 35.4 Å². The van der Waals surface area contributed by atoms with Crippen molar-refractivity contribution in [2.75, 3.05) is 0 Å². The van der Waals surface area contributed by atoms with Crippen molar-refractivity contribution in [3.63, 3.8) is 0 Å². The van der Waals surface area contributed by atoms with Gasteiger partial charge in [-0.3, -0.25) is 9.59 Å². The third kappa shape index (κ3) is 3.82. The molecule has 0 aliphatic heterocycles. The number of benzene rings is 1. The molecule has 1 rings (SSSR count). The van der Waals surface area contributed by atoms with Crippen molar-refractivity contribution in [2.45, 2.75) is 18.8 Å². The molecule has 0 saturated carbocycles. The van der Waals surface area contributed by atoms with E-state index in [2.05, 4.69) is 0 Å². The molecule has 1 aromatic carbocycles. The van der Waals surface area contributed by atoms with Crippen molar-refractivity contribution in [1.29, 1.82) is 0 Å². The van der Waals surface area contributed by atoms with Gasteiger partial charge in [0.05, 0.1) is 12.8 Å². The fourth-order valence-electron chi connectivity index (χ4n) is 1.54. The average Bonchev–Trinajstić information content (AvgIpc) is 2.19. The van der Waals surface area contributed by atoms with E-state index >= 15 is 0 Å². The van der Waals surface area contributed by atoms with Crippen LogP contribution in [0.3, 0.4) is 0 Å². The molecule has 4 nitrogen and oxygen atoms in total. The maximum Gasteiger partial charge on any atom is 0.303 e. The fraction of sp³-hybridized carbons (Fsp3) is 0.273. The number of carboxylic acid groups (broad SMARTS) is 2. The zero-order chi connectivity index (χ0) is 13.0. The molecule has 0 heterocycles. The first kappa shape index (κ1) is 13.1. The Balaban J connectivity index is 3.06. The first-order valence-electron chi connectivity index (χ1n) is 4.78. The number of aliphatic carboxylic acids is 2. The zero-order valence-corrected chi connectivity index (χ0v) is 8.69. The summed E-state index contributed by atoms with van der Waals surface area (Å²) in [7, 11) is 0. The third-order valence-electron chi connectivity index (χ3n) is 2.24. The van der Waals surface area contributed by atoms with Crippen LogP contribution >= 0.6 is 0 Å². The molecule has 1 aromatic rings. The molecule has 0 aromatic heterocycles. The lowest BCUT2D eigenvalue weighted by molar-refractivity contribution is -0.139. The van der Waals surface area contributed by atoms with Gasteiger partial charge < -0.3 is 10.2 Å². The van der Waals surface area contributed by atoms with E-state index in [1.807, 2.05) is 0 Å². The van der Waals surface area contributed by atoms with E-state index in [1.165, 1.54) is 0 Å². The van der Waals surface area contributed by atoms with Crippen LogP contribution in [0, 0.1) is 11.6 Å². The second-order valence-electron chi connectivity index (χ2n) is 3.56. The minimum Gasteiger partial charge on any atom is -0.481 e. The van der Waals surface area contributed by atoms with Gasteiger partial charge in [0.15, 0.2) is 0 Å². The molecular weight excluding hydrogens is 234 g/mol. The van der Waals surface area contributed by atoms with Gasteiger partial charge in [0.25, 0.3) is 0 Å². The zero-order valence-electron chi connectivity index (χ0n) is 8.69. The normalized spacial score (nSPS) is 10.5. The van der Waals surface area contributed by atoms with Crippen molar-refractivity contribution < 1.29 is 28.6 Å². The van der Waals surface area contributed by atoms with E-state index in [9.17, 15) is 18.4 Å². The van der Waals surface area contributed by atoms with E-state index in [1.54, 1.807) is 0 Å². The summed E-state index contributed by atoms with van der Waals surface area (Å²) in [5.41, 5.74) is -0.227. The monoisotopic (exact) mass is 244 g/mol. The van der Waals surface area contributed by atoms with Crippen LogP contribution in [0.5, 0.6) is 0 Å². The Hall–Kier alpha value is -1.98. The van der Waals surface area contributed by atoms with Crippen LogP contribution in [0.25, 0.3) is 0 Å². The molecule has 17 heavy (non-hydrogen) atoms. The van der Waals surface area contributed by atoms with Crippen molar-refractivity contribution >= 4 is 11.9 Å². The summed E-state index contributed by atoms with van der Waals surface area (Å²) in [5.74, 6) is -5.15. The highest BCUT2D eigenvalue weighted by Gasteiger charge is 2.22. The fourth-order valence-corrected chi connectivity index (χ4v) is 1.54. The molecule has 0 aliphatic rings. The number of halogens is 2. The maximum absolute atomic E-state index is 13.4. The van der Waals surface area contributed by atoms with Gasteiger partial charge >= 0.3 is 11.9 Å². The number of hydrogen-bond acceptors (Lipinski definition) is 2. The summed E-state index contributed by atoms with van der Waals surface area (Å²) in [6.07, 6.45) is -1.13. The summed E-state index contributed by atoms with van der Waals surface area (Å²) in [6, 6.07) is 2.56. The van der Waals surface area contributed by atoms with Crippen LogP contribution in [0.2, 0.25) is 0 Å². The number of carbonyl (C=O) groups is 2. The Morgan fingerprint density at radius 1 is 1.12 bits per heavy atom. The number of hydrogen-bond donors (Lipinski definition) is 2. The predicted octanol–water partition coefficient (Wildman–Crippen LogP) is 2.00. The highest BCUT2D eigenvalue weighted by atomic mass is 19.1. The highest BCUT2D eigenvalue weighted by Crippen LogP contribution is 2.26. The van der Waals surface area contributed by atoms with E-state index in [0.29, 0.717) is 0 Å². The summed E-state index contributed by atoms with van der Waals surface area (Å²) < 4.78 is 26.3. The number of rotatable bonds is 5. The minimum atomic E-state index is -1.26. The molecule has 0 saturated heterocycles. The summed E-state index contributed by atoms with van der Waals surface area (Å²) >= 11 is 0. The van der Waals surface area contributed by atoms with Crippen LogP contribution in [0.4, 0.5) is 8.78 Å². The Bertz CT molecular complexity index is 429. The van der Waals surface area contributed by atoms with Crippen LogP contribution in [-0.4, -0.2) is 22.2 Å². The van der Waals surface area contributed by atoms with Gasteiger partial charge in [-0.25, -0.2) is 8.78 Å². The Morgan fingerprint density at radius 3 is 2.12 bits per heavy atom. The minimum absolute atomic E-state index is 0.227. The molecule has 0 unspecified atom stereocenters. The van der Waals surface area contributed by atoms with E-state index < -0.39 is 42.3 Å². The lowest BCUT2D eigenvalue weighted by atomic mass is 9.92. The summed E-state index contributed by atoms with van der Waals surface area (Å²) in [6.45, 7) is 0. The van der Waals surface area contributed by atoms with Gasteiger partial charge in [-0.15, -0.1) is 0 Å². The Labute approximate surface area is 95.5 Å². The first-order chi connectivity index (χ1) is 7.90. The van der Waals surface area contributed by atoms with Gasteiger partial charge in [0.2, 0.25) is 0 Å². The van der Waals surface area contributed by atoms with Crippen LogP contribution in [0.15, 0.2) is 18.2 Å². The molecular formula is C11H10F2O4.